The fraction of sp³-hybridized carbons (Fsp3) is 0.190. The van der Waals surface area contributed by atoms with Crippen molar-refractivity contribution in [3.05, 3.63) is 76.2 Å². The number of fused-ring (bicyclic) bond motifs is 1. The smallest absolute Gasteiger partial charge is 0.282 e. The Labute approximate surface area is 177 Å². The third-order valence-electron chi connectivity index (χ3n) is 4.92. The van der Waals surface area contributed by atoms with Crippen molar-refractivity contribution in [2.24, 2.45) is 0 Å². The number of benzene rings is 1. The van der Waals surface area contributed by atoms with Gasteiger partial charge in [-0.1, -0.05) is 18.2 Å². The van der Waals surface area contributed by atoms with Crippen molar-refractivity contribution in [2.75, 3.05) is 17.7 Å². The van der Waals surface area contributed by atoms with Gasteiger partial charge in [-0.05, 0) is 37.1 Å². The Morgan fingerprint density at radius 1 is 1.26 bits per heavy atom. The van der Waals surface area contributed by atoms with Gasteiger partial charge in [0.25, 0.3) is 5.56 Å². The monoisotopic (exact) mass is 416 g/mol. The standard InChI is InChI=1S/C21H20N8O2/c1-13(26-19-16(11-22)18(23)24-12-25-19)20-27-28-9-7-14(8-10-30)17(28)21(31)29(20)15-5-3-2-4-6-15/h2-7,9,12-13,30H,8,10H2,1H3,(H3,23,24,25,26)/t13-/m0/s1. The van der Waals surface area contributed by atoms with E-state index in [-0.39, 0.29) is 29.4 Å². The second kappa shape index (κ2) is 8.25. The predicted molar refractivity (Wildman–Crippen MR) is 115 cm³/mol. The van der Waals surface area contributed by atoms with Gasteiger partial charge in [-0.25, -0.2) is 14.5 Å². The van der Waals surface area contributed by atoms with Gasteiger partial charge in [0.15, 0.2) is 5.82 Å². The third kappa shape index (κ3) is 3.58. The first-order valence-electron chi connectivity index (χ1n) is 9.61. The maximum Gasteiger partial charge on any atom is 0.282 e. The fourth-order valence-electron chi connectivity index (χ4n) is 3.46. The molecule has 156 valence electrons. The molecular weight excluding hydrogens is 396 g/mol. The lowest BCUT2D eigenvalue weighted by Crippen LogP contribution is -2.30. The molecule has 0 amide bonds. The number of hydrogen-bond donors (Lipinski definition) is 3. The lowest BCUT2D eigenvalue weighted by molar-refractivity contribution is 0.300. The molecule has 1 atom stereocenters. The molecule has 0 aliphatic carbocycles. The van der Waals surface area contributed by atoms with E-state index in [2.05, 4.69) is 20.4 Å². The second-order valence-electron chi connectivity index (χ2n) is 6.90. The second-order valence-corrected chi connectivity index (χ2v) is 6.90. The minimum absolute atomic E-state index is 0.0649. The molecule has 1 aromatic carbocycles. The molecule has 3 aromatic heterocycles. The van der Waals surface area contributed by atoms with Gasteiger partial charge in [0.05, 0.1) is 11.7 Å². The lowest BCUT2D eigenvalue weighted by atomic mass is 10.2. The molecule has 4 rings (SSSR count). The number of hydrogen-bond acceptors (Lipinski definition) is 8. The van der Waals surface area contributed by atoms with Crippen LogP contribution in [0.15, 0.2) is 53.7 Å². The SMILES string of the molecule is C[C@H](Nc1ncnc(N)c1C#N)c1nn2ccc(CCO)c2c(=O)n1-c1ccccc1. The first-order chi connectivity index (χ1) is 15.0. The zero-order valence-corrected chi connectivity index (χ0v) is 16.7. The van der Waals surface area contributed by atoms with Crippen LogP contribution < -0.4 is 16.6 Å². The summed E-state index contributed by atoms with van der Waals surface area (Å²) in [6.45, 7) is 1.74. The Bertz CT molecular complexity index is 1340. The van der Waals surface area contributed by atoms with E-state index in [1.807, 2.05) is 43.3 Å². The van der Waals surface area contributed by atoms with Crippen molar-refractivity contribution >= 4 is 17.2 Å². The summed E-state index contributed by atoms with van der Waals surface area (Å²) in [7, 11) is 0. The molecule has 3 heterocycles. The maximum absolute atomic E-state index is 13.5. The van der Waals surface area contributed by atoms with E-state index in [1.165, 1.54) is 15.4 Å². The minimum atomic E-state index is -0.512. The maximum atomic E-state index is 13.5. The van der Waals surface area contributed by atoms with Gasteiger partial charge < -0.3 is 16.2 Å². The summed E-state index contributed by atoms with van der Waals surface area (Å²) >= 11 is 0. The number of para-hydroxylation sites is 1. The summed E-state index contributed by atoms with van der Waals surface area (Å²) in [5, 5.41) is 26.6. The highest BCUT2D eigenvalue weighted by atomic mass is 16.3. The molecule has 0 radical (unpaired) electrons. The average molecular weight is 416 g/mol. The molecule has 4 N–H and O–H groups in total. The van der Waals surface area contributed by atoms with Crippen LogP contribution in [0.4, 0.5) is 11.6 Å². The highest BCUT2D eigenvalue weighted by Gasteiger charge is 2.21. The highest BCUT2D eigenvalue weighted by Crippen LogP contribution is 2.23. The fourth-order valence-corrected chi connectivity index (χ4v) is 3.46. The Kier molecular flexibility index (Phi) is 5.34. The van der Waals surface area contributed by atoms with Crippen LogP contribution in [0.25, 0.3) is 11.2 Å². The first kappa shape index (κ1) is 20.1. The molecule has 0 saturated carbocycles. The molecule has 0 aliphatic heterocycles. The zero-order valence-electron chi connectivity index (χ0n) is 16.7. The predicted octanol–water partition coefficient (Wildman–Crippen LogP) is 1.44. The van der Waals surface area contributed by atoms with Crippen molar-refractivity contribution in [3.63, 3.8) is 0 Å². The first-order valence-corrected chi connectivity index (χ1v) is 9.61. The summed E-state index contributed by atoms with van der Waals surface area (Å²) in [5.74, 6) is 0.732. The number of nitrogens with zero attached hydrogens (tertiary/aromatic N) is 6. The molecule has 0 fully saturated rings. The molecule has 4 aromatic rings. The quantitative estimate of drug-likeness (QED) is 0.428. The molecule has 10 heteroatoms. The van der Waals surface area contributed by atoms with E-state index in [1.54, 1.807) is 12.3 Å². The molecular formula is C21H20N8O2. The Balaban J connectivity index is 1.90. The largest absolute Gasteiger partial charge is 0.396 e. The van der Waals surface area contributed by atoms with E-state index in [4.69, 9.17) is 5.73 Å². The Morgan fingerprint density at radius 2 is 2.03 bits per heavy atom. The molecule has 10 nitrogen and oxygen atoms in total. The van der Waals surface area contributed by atoms with E-state index < -0.39 is 6.04 Å². The van der Waals surface area contributed by atoms with E-state index in [9.17, 15) is 15.2 Å². The van der Waals surface area contributed by atoms with Crippen LogP contribution in [-0.4, -0.2) is 35.9 Å². The number of nitrogen functional groups attached to an aromatic ring is 1. The summed E-state index contributed by atoms with van der Waals surface area (Å²) in [5.41, 5.74) is 7.40. The van der Waals surface area contributed by atoms with Crippen LogP contribution in [-0.2, 0) is 6.42 Å². The Hall–Kier alpha value is -4.23. The number of aliphatic hydroxyl groups excluding tert-OH is 1. The van der Waals surface area contributed by atoms with E-state index in [0.717, 1.165) is 0 Å². The normalized spacial score (nSPS) is 11.9. The molecule has 0 aliphatic rings. The van der Waals surface area contributed by atoms with E-state index >= 15 is 0 Å². The third-order valence-corrected chi connectivity index (χ3v) is 4.92. The van der Waals surface area contributed by atoms with Crippen molar-refractivity contribution < 1.29 is 5.11 Å². The van der Waals surface area contributed by atoms with Gasteiger partial charge in [0.2, 0.25) is 0 Å². The molecule has 0 spiro atoms. The van der Waals surface area contributed by atoms with Crippen molar-refractivity contribution in [3.8, 4) is 11.8 Å². The van der Waals surface area contributed by atoms with Crippen LogP contribution in [0.3, 0.4) is 0 Å². The van der Waals surface area contributed by atoms with Gasteiger partial charge in [0.1, 0.15) is 35.1 Å². The number of anilines is 2. The van der Waals surface area contributed by atoms with Crippen molar-refractivity contribution in [2.45, 2.75) is 19.4 Å². The molecule has 31 heavy (non-hydrogen) atoms. The van der Waals surface area contributed by atoms with Crippen molar-refractivity contribution in [1.29, 1.82) is 5.26 Å². The minimum Gasteiger partial charge on any atom is -0.396 e. The van der Waals surface area contributed by atoms with E-state index in [0.29, 0.717) is 29.0 Å². The van der Waals surface area contributed by atoms with Gasteiger partial charge >= 0.3 is 0 Å². The van der Waals surface area contributed by atoms with Crippen LogP contribution in [0.1, 0.15) is 29.9 Å². The number of nitrogens with two attached hydrogens (primary N) is 1. The average Bonchev–Trinajstić information content (AvgIpc) is 3.18. The van der Waals surface area contributed by atoms with Crippen LogP contribution in [0, 0.1) is 11.3 Å². The zero-order chi connectivity index (χ0) is 22.0. The summed E-state index contributed by atoms with van der Waals surface area (Å²) in [6.07, 6.45) is 3.30. The van der Waals surface area contributed by atoms with Gasteiger partial charge in [-0.2, -0.15) is 10.4 Å². The summed E-state index contributed by atoms with van der Waals surface area (Å²) < 4.78 is 3.03. The van der Waals surface area contributed by atoms with Crippen LogP contribution in [0.2, 0.25) is 0 Å². The van der Waals surface area contributed by atoms with Gasteiger partial charge in [0, 0.05) is 12.8 Å². The highest BCUT2D eigenvalue weighted by molar-refractivity contribution is 5.62. The molecule has 0 unspecified atom stereocenters. The number of aromatic nitrogens is 5. The van der Waals surface area contributed by atoms with Gasteiger partial charge in [-0.3, -0.25) is 9.36 Å². The number of nitrogens with one attached hydrogen (secondary N) is 1. The lowest BCUT2D eigenvalue weighted by Gasteiger charge is -2.20. The van der Waals surface area contributed by atoms with Crippen LogP contribution in [0.5, 0.6) is 0 Å². The summed E-state index contributed by atoms with van der Waals surface area (Å²) in [6, 6.07) is 12.4. The van der Waals surface area contributed by atoms with Crippen LogP contribution >= 0.6 is 0 Å². The summed E-state index contributed by atoms with van der Waals surface area (Å²) in [4.78, 5) is 21.5. The Morgan fingerprint density at radius 3 is 2.74 bits per heavy atom. The topological polar surface area (TPSA) is 147 Å². The molecule has 0 saturated heterocycles. The number of rotatable bonds is 6. The van der Waals surface area contributed by atoms with Crippen molar-refractivity contribution in [1.82, 2.24) is 24.1 Å². The molecule has 0 bridgehead atoms. The van der Waals surface area contributed by atoms with Gasteiger partial charge in [-0.15, -0.1) is 0 Å². The number of nitriles is 1. The number of aliphatic hydroxyl groups is 1.